The number of nitrogens with two attached hydrogens (primary N) is 1. The summed E-state index contributed by atoms with van der Waals surface area (Å²) in [5.74, 6) is 0.752. The van der Waals surface area contributed by atoms with Gasteiger partial charge in [-0.25, -0.2) is 4.39 Å². The lowest BCUT2D eigenvalue weighted by Gasteiger charge is -2.23. The fourth-order valence-electron chi connectivity index (χ4n) is 2.41. The number of benzene rings is 1. The number of hydrogen-bond acceptors (Lipinski definition) is 4. The maximum absolute atomic E-state index is 13.5. The summed E-state index contributed by atoms with van der Waals surface area (Å²) in [5, 5.41) is 14.9. The molecule has 6 heteroatoms. The monoisotopic (exact) mass is 297 g/mol. The molecular formula is C14H20FN3OS. The van der Waals surface area contributed by atoms with E-state index in [4.69, 9.17) is 10.9 Å². The van der Waals surface area contributed by atoms with Gasteiger partial charge in [-0.2, -0.15) is 11.8 Å². The Hall–Kier alpha value is -1.27. The van der Waals surface area contributed by atoms with Crippen LogP contribution in [0, 0.1) is 5.82 Å². The Morgan fingerprint density at radius 1 is 1.55 bits per heavy atom. The molecule has 1 heterocycles. The summed E-state index contributed by atoms with van der Waals surface area (Å²) in [4.78, 5) is 0. The largest absolute Gasteiger partial charge is 0.409 e. The van der Waals surface area contributed by atoms with Crippen LogP contribution in [-0.4, -0.2) is 28.1 Å². The topological polar surface area (TPSA) is 70.6 Å². The number of nitrogens with zero attached hydrogens (tertiary/aromatic N) is 1. The van der Waals surface area contributed by atoms with E-state index >= 15 is 0 Å². The molecule has 0 bridgehead atoms. The summed E-state index contributed by atoms with van der Waals surface area (Å²) in [6.45, 7) is 3.72. The Bertz CT molecular complexity index is 501. The predicted octanol–water partition coefficient (Wildman–Crippen LogP) is 2.30. The van der Waals surface area contributed by atoms with Crippen LogP contribution in [0.25, 0.3) is 0 Å². The van der Waals surface area contributed by atoms with Gasteiger partial charge in [-0.15, -0.1) is 0 Å². The van der Waals surface area contributed by atoms with Crippen LogP contribution in [0.5, 0.6) is 0 Å². The van der Waals surface area contributed by atoms with E-state index in [9.17, 15) is 4.39 Å². The van der Waals surface area contributed by atoms with Gasteiger partial charge in [0.25, 0.3) is 0 Å². The van der Waals surface area contributed by atoms with Crippen molar-refractivity contribution in [1.29, 1.82) is 0 Å². The molecule has 4 nitrogen and oxygen atoms in total. The Morgan fingerprint density at radius 2 is 2.35 bits per heavy atom. The van der Waals surface area contributed by atoms with Gasteiger partial charge in [0.1, 0.15) is 5.82 Å². The zero-order chi connectivity index (χ0) is 14.6. The predicted molar refractivity (Wildman–Crippen MR) is 80.7 cm³/mol. The molecule has 1 aromatic carbocycles. The van der Waals surface area contributed by atoms with E-state index in [-0.39, 0.29) is 16.4 Å². The molecule has 1 atom stereocenters. The SMILES string of the molecule is CC1(CNCc2cc(F)cc(/C(N)=N/O)c2)CCCS1. The highest BCUT2D eigenvalue weighted by Crippen LogP contribution is 2.36. The lowest BCUT2D eigenvalue weighted by atomic mass is 10.1. The number of oxime groups is 1. The third-order valence-electron chi connectivity index (χ3n) is 3.49. The van der Waals surface area contributed by atoms with Gasteiger partial charge in [0, 0.05) is 23.4 Å². The number of amidine groups is 1. The minimum Gasteiger partial charge on any atom is -0.409 e. The van der Waals surface area contributed by atoms with Crippen molar-refractivity contribution >= 4 is 17.6 Å². The van der Waals surface area contributed by atoms with E-state index in [2.05, 4.69) is 17.4 Å². The Morgan fingerprint density at radius 3 is 3.00 bits per heavy atom. The summed E-state index contributed by atoms with van der Waals surface area (Å²) in [6, 6.07) is 4.45. The first kappa shape index (κ1) is 15.1. The normalized spacial score (nSPS) is 23.2. The van der Waals surface area contributed by atoms with Crippen LogP contribution in [-0.2, 0) is 6.54 Å². The standard InChI is InChI=1S/C14H20FN3OS/c1-14(3-2-4-20-14)9-17-8-10-5-11(13(16)18-19)7-12(15)6-10/h5-7,17,19H,2-4,8-9H2,1H3,(H2,16,18). The van der Waals surface area contributed by atoms with E-state index in [0.717, 1.165) is 12.1 Å². The molecule has 0 aromatic heterocycles. The molecule has 0 radical (unpaired) electrons. The molecule has 1 aliphatic rings. The van der Waals surface area contributed by atoms with E-state index < -0.39 is 0 Å². The van der Waals surface area contributed by atoms with Crippen LogP contribution in [0.15, 0.2) is 23.4 Å². The second-order valence-electron chi connectivity index (χ2n) is 5.34. The Balaban J connectivity index is 1.97. The maximum atomic E-state index is 13.5. The van der Waals surface area contributed by atoms with Crippen molar-refractivity contribution < 1.29 is 9.60 Å². The minimum absolute atomic E-state index is 0.0796. The van der Waals surface area contributed by atoms with Gasteiger partial charge in [-0.05, 0) is 49.3 Å². The maximum Gasteiger partial charge on any atom is 0.170 e. The molecule has 4 N–H and O–H groups in total. The summed E-state index contributed by atoms with van der Waals surface area (Å²) < 4.78 is 13.8. The van der Waals surface area contributed by atoms with Crippen molar-refractivity contribution in [3.05, 3.63) is 35.1 Å². The van der Waals surface area contributed by atoms with Crippen LogP contribution in [0.1, 0.15) is 30.9 Å². The minimum atomic E-state index is -0.382. The zero-order valence-electron chi connectivity index (χ0n) is 11.5. The third kappa shape index (κ3) is 3.86. The lowest BCUT2D eigenvalue weighted by Crippen LogP contribution is -2.32. The van der Waals surface area contributed by atoms with E-state index in [1.807, 2.05) is 11.8 Å². The molecule has 1 unspecified atom stereocenters. The van der Waals surface area contributed by atoms with Crippen molar-refractivity contribution in [3.63, 3.8) is 0 Å². The highest BCUT2D eigenvalue weighted by Gasteiger charge is 2.28. The molecule has 0 aliphatic carbocycles. The average Bonchev–Trinajstić information content (AvgIpc) is 2.84. The van der Waals surface area contributed by atoms with E-state index in [1.54, 1.807) is 6.07 Å². The van der Waals surface area contributed by atoms with E-state index in [1.165, 1.54) is 30.7 Å². The average molecular weight is 297 g/mol. The smallest absolute Gasteiger partial charge is 0.170 e. The van der Waals surface area contributed by atoms with Crippen molar-refractivity contribution in [2.24, 2.45) is 10.9 Å². The van der Waals surface area contributed by atoms with Crippen LogP contribution in [0.4, 0.5) is 4.39 Å². The fraction of sp³-hybridized carbons (Fsp3) is 0.500. The van der Waals surface area contributed by atoms with Gasteiger partial charge in [0.2, 0.25) is 0 Å². The van der Waals surface area contributed by atoms with Crippen molar-refractivity contribution in [1.82, 2.24) is 5.32 Å². The van der Waals surface area contributed by atoms with Gasteiger partial charge in [0.05, 0.1) is 0 Å². The molecule has 0 amide bonds. The molecule has 110 valence electrons. The molecule has 2 rings (SSSR count). The fourth-order valence-corrected chi connectivity index (χ4v) is 3.68. The second-order valence-corrected chi connectivity index (χ2v) is 7.02. The molecule has 1 fully saturated rings. The highest BCUT2D eigenvalue weighted by atomic mass is 32.2. The van der Waals surface area contributed by atoms with Gasteiger partial charge >= 0.3 is 0 Å². The Kier molecular flexibility index (Phi) is 4.88. The summed E-state index contributed by atoms with van der Waals surface area (Å²) in [5.41, 5.74) is 6.68. The van der Waals surface area contributed by atoms with Crippen LogP contribution in [0.2, 0.25) is 0 Å². The van der Waals surface area contributed by atoms with E-state index in [0.29, 0.717) is 12.1 Å². The summed E-state index contributed by atoms with van der Waals surface area (Å²) in [7, 11) is 0. The van der Waals surface area contributed by atoms with Crippen LogP contribution >= 0.6 is 11.8 Å². The van der Waals surface area contributed by atoms with Gasteiger partial charge < -0.3 is 16.3 Å². The first-order chi connectivity index (χ1) is 9.52. The Labute approximate surface area is 122 Å². The van der Waals surface area contributed by atoms with Crippen LogP contribution < -0.4 is 11.1 Å². The molecule has 0 saturated carbocycles. The molecule has 1 saturated heterocycles. The second kappa shape index (κ2) is 6.45. The highest BCUT2D eigenvalue weighted by molar-refractivity contribution is 8.00. The molecule has 0 spiro atoms. The zero-order valence-corrected chi connectivity index (χ0v) is 12.3. The quantitative estimate of drug-likeness (QED) is 0.337. The number of rotatable bonds is 5. The number of halogens is 1. The van der Waals surface area contributed by atoms with Gasteiger partial charge in [0.15, 0.2) is 5.84 Å². The molecule has 1 aliphatic heterocycles. The first-order valence-corrected chi connectivity index (χ1v) is 7.63. The van der Waals surface area contributed by atoms with Crippen molar-refractivity contribution in [2.45, 2.75) is 31.1 Å². The number of thioether (sulfide) groups is 1. The summed E-state index contributed by atoms with van der Waals surface area (Å²) in [6.07, 6.45) is 2.47. The number of nitrogens with one attached hydrogen (secondary N) is 1. The van der Waals surface area contributed by atoms with Crippen molar-refractivity contribution in [3.8, 4) is 0 Å². The number of hydrogen-bond donors (Lipinski definition) is 3. The van der Waals surface area contributed by atoms with Crippen molar-refractivity contribution in [2.75, 3.05) is 12.3 Å². The van der Waals surface area contributed by atoms with Crippen LogP contribution in [0.3, 0.4) is 0 Å². The molecule has 1 aromatic rings. The first-order valence-electron chi connectivity index (χ1n) is 6.64. The van der Waals surface area contributed by atoms with Gasteiger partial charge in [-0.3, -0.25) is 0 Å². The third-order valence-corrected chi connectivity index (χ3v) is 5.03. The van der Waals surface area contributed by atoms with Gasteiger partial charge in [-0.1, -0.05) is 5.16 Å². The molecule has 20 heavy (non-hydrogen) atoms. The lowest BCUT2D eigenvalue weighted by molar-refractivity contribution is 0.318. The molecular weight excluding hydrogens is 277 g/mol. The summed E-state index contributed by atoms with van der Waals surface area (Å²) >= 11 is 1.99.